The third kappa shape index (κ3) is 4.23. The summed E-state index contributed by atoms with van der Waals surface area (Å²) in [6.45, 7) is 1.53. The minimum absolute atomic E-state index is 0.0933. The summed E-state index contributed by atoms with van der Waals surface area (Å²) in [5, 5.41) is 23.2. The van der Waals surface area contributed by atoms with Gasteiger partial charge >= 0.3 is 0 Å². The highest BCUT2D eigenvalue weighted by atomic mass is 32.2. The van der Waals surface area contributed by atoms with Gasteiger partial charge in [-0.2, -0.15) is 5.10 Å². The monoisotopic (exact) mass is 361 g/mol. The van der Waals surface area contributed by atoms with Crippen LogP contribution in [0.3, 0.4) is 0 Å². The van der Waals surface area contributed by atoms with Crippen molar-refractivity contribution in [1.29, 1.82) is 0 Å². The molecule has 2 heterocycles. The van der Waals surface area contributed by atoms with Crippen molar-refractivity contribution in [1.82, 2.24) is 14.7 Å². The first-order valence-electron chi connectivity index (χ1n) is 8.37. The molecule has 0 unspecified atom stereocenters. The summed E-state index contributed by atoms with van der Waals surface area (Å²) in [6.07, 6.45) is 2.26. The van der Waals surface area contributed by atoms with Gasteiger partial charge in [-0.25, -0.2) is 0 Å². The second kappa shape index (κ2) is 8.03. The molecule has 6 nitrogen and oxygen atoms in total. The van der Waals surface area contributed by atoms with Gasteiger partial charge in [0.25, 0.3) is 0 Å². The maximum Gasteiger partial charge on any atom is 0.227 e. The Morgan fingerprint density at radius 2 is 2.08 bits per heavy atom. The lowest BCUT2D eigenvalue weighted by atomic mass is 10.1. The molecule has 1 atom stereocenters. The van der Waals surface area contributed by atoms with Gasteiger partial charge in [0, 0.05) is 18.0 Å². The van der Waals surface area contributed by atoms with Crippen LogP contribution in [0.2, 0.25) is 0 Å². The number of thioether (sulfide) groups is 1. The zero-order valence-electron chi connectivity index (χ0n) is 14.3. The van der Waals surface area contributed by atoms with Crippen LogP contribution >= 0.6 is 11.8 Å². The Hall–Kier alpha value is -1.83. The van der Waals surface area contributed by atoms with Crippen molar-refractivity contribution in [2.45, 2.75) is 36.9 Å². The zero-order chi connectivity index (χ0) is 17.8. The molecular formula is C18H23N3O3S. The van der Waals surface area contributed by atoms with Gasteiger partial charge in [0.15, 0.2) is 0 Å². The number of hydrogen-bond donors (Lipinski definition) is 2. The van der Waals surface area contributed by atoms with Crippen LogP contribution in [0, 0.1) is 0 Å². The normalized spacial score (nSPS) is 15.6. The van der Waals surface area contributed by atoms with Crippen LogP contribution in [-0.4, -0.2) is 50.2 Å². The highest BCUT2D eigenvalue weighted by Crippen LogP contribution is 2.19. The highest BCUT2D eigenvalue weighted by Gasteiger charge is 2.22. The fourth-order valence-corrected chi connectivity index (χ4v) is 3.39. The van der Waals surface area contributed by atoms with Crippen LogP contribution in [-0.2, 0) is 24.3 Å². The number of aromatic nitrogens is 2. The minimum Gasteiger partial charge on any atom is -0.393 e. The van der Waals surface area contributed by atoms with Crippen molar-refractivity contribution < 1.29 is 15.0 Å². The lowest BCUT2D eigenvalue weighted by molar-refractivity contribution is -0.131. The molecule has 3 rings (SSSR count). The van der Waals surface area contributed by atoms with Crippen LogP contribution in [0.5, 0.6) is 0 Å². The molecule has 1 amide bonds. The van der Waals surface area contributed by atoms with Gasteiger partial charge in [-0.3, -0.25) is 9.48 Å². The Kier molecular flexibility index (Phi) is 5.78. The Bertz CT molecular complexity index is 730. The number of fused-ring (bicyclic) bond motifs is 1. The summed E-state index contributed by atoms with van der Waals surface area (Å²) in [7, 11) is 0. The molecule has 0 radical (unpaired) electrons. The summed E-state index contributed by atoms with van der Waals surface area (Å²) >= 11 is 1.68. The standard InChI is InChI=1S/C18H23N3O3S/c1-25-15-5-3-13(4-6-15)9-18(24)20-7-2-8-21-14(11-20)10-16(19-21)17(23)12-22/h3-6,10,17,22-23H,2,7-9,11-12H2,1H3/t17-/m1/s1. The minimum atomic E-state index is -0.974. The van der Waals surface area contributed by atoms with Gasteiger partial charge in [0.05, 0.1) is 31.0 Å². The second-order valence-corrected chi connectivity index (χ2v) is 7.06. The number of aliphatic hydroxyl groups excluding tert-OH is 2. The molecule has 0 aliphatic carbocycles. The molecule has 25 heavy (non-hydrogen) atoms. The van der Waals surface area contributed by atoms with Crippen molar-refractivity contribution >= 4 is 17.7 Å². The van der Waals surface area contributed by atoms with Crippen molar-refractivity contribution in [2.24, 2.45) is 0 Å². The first kappa shape index (κ1) is 18.0. The molecule has 0 saturated carbocycles. The first-order chi connectivity index (χ1) is 12.1. The van der Waals surface area contributed by atoms with Crippen LogP contribution in [0.25, 0.3) is 0 Å². The molecule has 1 aromatic carbocycles. The van der Waals surface area contributed by atoms with Gasteiger partial charge < -0.3 is 15.1 Å². The Morgan fingerprint density at radius 3 is 2.76 bits per heavy atom. The topological polar surface area (TPSA) is 78.6 Å². The third-order valence-electron chi connectivity index (χ3n) is 4.41. The lowest BCUT2D eigenvalue weighted by Crippen LogP contribution is -2.32. The number of amides is 1. The summed E-state index contributed by atoms with van der Waals surface area (Å²) < 4.78 is 1.83. The van der Waals surface area contributed by atoms with Crippen molar-refractivity contribution in [3.8, 4) is 0 Å². The van der Waals surface area contributed by atoms with Gasteiger partial charge in [-0.1, -0.05) is 12.1 Å². The fraction of sp³-hybridized carbons (Fsp3) is 0.444. The SMILES string of the molecule is CSc1ccc(CC(=O)N2CCCn3nc([C@H](O)CO)cc3C2)cc1. The number of hydrogen-bond acceptors (Lipinski definition) is 5. The Labute approximate surface area is 151 Å². The molecule has 1 aromatic heterocycles. The molecule has 2 N–H and O–H groups in total. The smallest absolute Gasteiger partial charge is 0.227 e. The van der Waals surface area contributed by atoms with Gasteiger partial charge in [0.2, 0.25) is 5.91 Å². The highest BCUT2D eigenvalue weighted by molar-refractivity contribution is 7.98. The van der Waals surface area contributed by atoms with Crippen molar-refractivity contribution in [3.05, 3.63) is 47.3 Å². The largest absolute Gasteiger partial charge is 0.393 e. The molecule has 7 heteroatoms. The summed E-state index contributed by atoms with van der Waals surface area (Å²) in [6, 6.07) is 9.85. The van der Waals surface area contributed by atoms with Crippen LogP contribution in [0.15, 0.2) is 35.2 Å². The van der Waals surface area contributed by atoms with Gasteiger partial charge in [-0.05, 0) is 36.4 Å². The number of benzene rings is 1. The Balaban J connectivity index is 1.69. The van der Waals surface area contributed by atoms with Crippen LogP contribution < -0.4 is 0 Å². The number of aryl methyl sites for hydroxylation is 1. The van der Waals surface area contributed by atoms with E-state index in [4.69, 9.17) is 5.11 Å². The molecule has 1 aliphatic rings. The summed E-state index contributed by atoms with van der Waals surface area (Å²) in [5.41, 5.74) is 2.36. The molecule has 0 spiro atoms. The molecular weight excluding hydrogens is 338 g/mol. The van der Waals surface area contributed by atoms with E-state index in [-0.39, 0.29) is 12.5 Å². The van der Waals surface area contributed by atoms with E-state index in [0.29, 0.717) is 31.7 Å². The molecule has 134 valence electrons. The van der Waals surface area contributed by atoms with Crippen LogP contribution in [0.4, 0.5) is 0 Å². The summed E-state index contributed by atoms with van der Waals surface area (Å²) in [4.78, 5) is 15.7. The second-order valence-electron chi connectivity index (χ2n) is 6.18. The first-order valence-corrected chi connectivity index (χ1v) is 9.59. The maximum atomic E-state index is 12.7. The number of carbonyl (C=O) groups excluding carboxylic acids is 1. The van der Waals surface area contributed by atoms with E-state index in [1.165, 1.54) is 4.90 Å². The van der Waals surface area contributed by atoms with Crippen LogP contribution in [0.1, 0.15) is 29.5 Å². The lowest BCUT2D eigenvalue weighted by Gasteiger charge is -2.20. The fourth-order valence-electron chi connectivity index (χ4n) is 2.98. The number of carbonyl (C=O) groups is 1. The van der Waals surface area contributed by atoms with E-state index in [1.807, 2.05) is 40.1 Å². The Morgan fingerprint density at radius 1 is 1.32 bits per heavy atom. The number of aliphatic hydroxyl groups is 2. The third-order valence-corrected chi connectivity index (χ3v) is 5.16. The molecule has 0 bridgehead atoms. The molecule has 2 aromatic rings. The zero-order valence-corrected chi connectivity index (χ0v) is 15.1. The number of rotatable bonds is 5. The number of nitrogens with zero attached hydrogens (tertiary/aromatic N) is 3. The average Bonchev–Trinajstić information content (AvgIpc) is 2.93. The van der Waals surface area contributed by atoms with E-state index in [2.05, 4.69) is 5.10 Å². The van der Waals surface area contributed by atoms with E-state index < -0.39 is 6.10 Å². The van der Waals surface area contributed by atoms with Gasteiger partial charge in [-0.15, -0.1) is 11.8 Å². The molecule has 0 fully saturated rings. The van der Waals surface area contributed by atoms with E-state index in [1.54, 1.807) is 17.8 Å². The van der Waals surface area contributed by atoms with E-state index in [0.717, 1.165) is 17.7 Å². The van der Waals surface area contributed by atoms with Crippen molar-refractivity contribution in [2.75, 3.05) is 19.4 Å². The quantitative estimate of drug-likeness (QED) is 0.791. The molecule has 1 aliphatic heterocycles. The van der Waals surface area contributed by atoms with Gasteiger partial charge in [0.1, 0.15) is 6.10 Å². The molecule has 0 saturated heterocycles. The predicted octanol–water partition coefficient (Wildman–Crippen LogP) is 1.61. The van der Waals surface area contributed by atoms with E-state index >= 15 is 0 Å². The maximum absolute atomic E-state index is 12.7. The van der Waals surface area contributed by atoms with Crippen molar-refractivity contribution in [3.63, 3.8) is 0 Å². The average molecular weight is 361 g/mol. The predicted molar refractivity (Wildman–Crippen MR) is 96.2 cm³/mol. The summed E-state index contributed by atoms with van der Waals surface area (Å²) in [5.74, 6) is 0.0933. The van der Waals surface area contributed by atoms with E-state index in [9.17, 15) is 9.90 Å².